The molecule has 0 aliphatic rings. The zero-order valence-corrected chi connectivity index (χ0v) is 12.2. The predicted molar refractivity (Wildman–Crippen MR) is 76.8 cm³/mol. The van der Waals surface area contributed by atoms with Gasteiger partial charge in [0.05, 0.1) is 10.6 Å². The largest absolute Gasteiger partial charge is 0.388 e. The van der Waals surface area contributed by atoms with Gasteiger partial charge in [-0.2, -0.15) is 5.26 Å². The van der Waals surface area contributed by atoms with Crippen LogP contribution in [-0.4, -0.2) is 10.1 Å². The van der Waals surface area contributed by atoms with Crippen molar-refractivity contribution < 1.29 is 5.11 Å². The maximum absolute atomic E-state index is 10.1. The van der Waals surface area contributed by atoms with Gasteiger partial charge in [0.25, 0.3) is 0 Å². The SMILES string of the molecule is N#Cc1nc(Cl)c(CC(O)c2ccccc2)cc1Br. The minimum Gasteiger partial charge on any atom is -0.388 e. The van der Waals surface area contributed by atoms with Crippen LogP contribution in [0.3, 0.4) is 0 Å². The van der Waals surface area contributed by atoms with E-state index in [1.807, 2.05) is 36.4 Å². The minimum atomic E-state index is -0.652. The third kappa shape index (κ3) is 3.32. The van der Waals surface area contributed by atoms with Crippen molar-refractivity contribution in [3.8, 4) is 6.07 Å². The van der Waals surface area contributed by atoms with Crippen LogP contribution in [0.5, 0.6) is 0 Å². The molecule has 1 N–H and O–H groups in total. The van der Waals surface area contributed by atoms with Crippen molar-refractivity contribution in [1.82, 2.24) is 4.98 Å². The summed E-state index contributed by atoms with van der Waals surface area (Å²) in [6.07, 6.45) is -0.305. The lowest BCUT2D eigenvalue weighted by Gasteiger charge is -2.12. The number of nitrogens with zero attached hydrogens (tertiary/aromatic N) is 2. The summed E-state index contributed by atoms with van der Waals surface area (Å²) in [6.45, 7) is 0. The Morgan fingerprint density at radius 2 is 2.05 bits per heavy atom. The first kappa shape index (κ1) is 14.0. The van der Waals surface area contributed by atoms with Crippen molar-refractivity contribution in [3.05, 3.63) is 62.8 Å². The van der Waals surface area contributed by atoms with Gasteiger partial charge in [0, 0.05) is 6.42 Å². The number of hydrogen-bond acceptors (Lipinski definition) is 3. The van der Waals surface area contributed by atoms with E-state index >= 15 is 0 Å². The number of aliphatic hydroxyl groups is 1. The molecule has 1 aromatic heterocycles. The lowest BCUT2D eigenvalue weighted by atomic mass is 10.0. The molecular formula is C14H10BrClN2O. The van der Waals surface area contributed by atoms with Crippen molar-refractivity contribution in [3.63, 3.8) is 0 Å². The lowest BCUT2D eigenvalue weighted by Crippen LogP contribution is -2.03. The standard InChI is InChI=1S/C14H10BrClN2O/c15-11-6-10(14(16)18-12(11)8-17)7-13(19)9-4-2-1-3-5-9/h1-6,13,19H,7H2. The fourth-order valence-electron chi connectivity index (χ4n) is 1.73. The number of benzene rings is 1. The molecule has 0 saturated carbocycles. The summed E-state index contributed by atoms with van der Waals surface area (Å²) in [6, 6.07) is 13.0. The number of hydrogen-bond donors (Lipinski definition) is 1. The minimum absolute atomic E-state index is 0.239. The fourth-order valence-corrected chi connectivity index (χ4v) is 2.40. The molecule has 1 unspecified atom stereocenters. The van der Waals surface area contributed by atoms with E-state index in [-0.39, 0.29) is 10.8 Å². The van der Waals surface area contributed by atoms with E-state index in [0.29, 0.717) is 16.5 Å². The van der Waals surface area contributed by atoms with E-state index in [9.17, 15) is 5.11 Å². The van der Waals surface area contributed by atoms with Gasteiger partial charge < -0.3 is 5.11 Å². The van der Waals surface area contributed by atoms with Gasteiger partial charge in [0.1, 0.15) is 11.2 Å². The number of halogens is 2. The van der Waals surface area contributed by atoms with Gasteiger partial charge in [-0.25, -0.2) is 4.98 Å². The molecule has 3 nitrogen and oxygen atoms in total. The molecule has 2 aromatic rings. The number of aromatic nitrogens is 1. The normalized spacial score (nSPS) is 11.9. The first-order valence-electron chi connectivity index (χ1n) is 5.60. The Labute approximate surface area is 124 Å². The van der Waals surface area contributed by atoms with Gasteiger partial charge in [-0.3, -0.25) is 0 Å². The lowest BCUT2D eigenvalue weighted by molar-refractivity contribution is 0.178. The highest BCUT2D eigenvalue weighted by Crippen LogP contribution is 2.26. The Morgan fingerprint density at radius 3 is 2.68 bits per heavy atom. The Morgan fingerprint density at radius 1 is 1.37 bits per heavy atom. The van der Waals surface area contributed by atoms with E-state index in [4.69, 9.17) is 16.9 Å². The maximum Gasteiger partial charge on any atom is 0.156 e. The van der Waals surface area contributed by atoms with Gasteiger partial charge in [-0.1, -0.05) is 41.9 Å². The third-order valence-corrected chi connectivity index (χ3v) is 3.64. The summed E-state index contributed by atoms with van der Waals surface area (Å²) < 4.78 is 0.578. The molecule has 1 heterocycles. The van der Waals surface area contributed by atoms with Gasteiger partial charge in [0.2, 0.25) is 0 Å². The topological polar surface area (TPSA) is 56.9 Å². The van der Waals surface area contributed by atoms with Crippen molar-refractivity contribution in [2.45, 2.75) is 12.5 Å². The van der Waals surface area contributed by atoms with Gasteiger partial charge >= 0.3 is 0 Å². The average molecular weight is 338 g/mol. The highest BCUT2D eigenvalue weighted by atomic mass is 79.9. The molecule has 0 bridgehead atoms. The highest BCUT2D eigenvalue weighted by molar-refractivity contribution is 9.10. The van der Waals surface area contributed by atoms with E-state index < -0.39 is 6.10 Å². The van der Waals surface area contributed by atoms with Gasteiger partial charge in [-0.05, 0) is 33.1 Å². The molecule has 0 aliphatic heterocycles. The van der Waals surface area contributed by atoms with E-state index in [0.717, 1.165) is 5.56 Å². The number of nitriles is 1. The summed E-state index contributed by atoms with van der Waals surface area (Å²) in [7, 11) is 0. The zero-order valence-electron chi connectivity index (χ0n) is 9.85. The molecule has 2 rings (SSSR count). The molecule has 96 valence electrons. The summed E-state index contributed by atoms with van der Waals surface area (Å²) in [5.41, 5.74) is 1.76. The third-order valence-electron chi connectivity index (χ3n) is 2.71. The Bertz CT molecular complexity index is 625. The predicted octanol–water partition coefficient (Wildman–Crippen LogP) is 3.65. The molecule has 0 amide bonds. The van der Waals surface area contributed by atoms with Crippen LogP contribution in [0, 0.1) is 11.3 Å². The number of aliphatic hydroxyl groups excluding tert-OH is 1. The molecular weight excluding hydrogens is 328 g/mol. The summed E-state index contributed by atoms with van der Waals surface area (Å²) in [5.74, 6) is 0. The summed E-state index contributed by atoms with van der Waals surface area (Å²) >= 11 is 9.28. The molecule has 0 fully saturated rings. The van der Waals surface area contributed by atoms with Gasteiger partial charge in [-0.15, -0.1) is 0 Å². The zero-order chi connectivity index (χ0) is 13.8. The number of pyridine rings is 1. The van der Waals surface area contributed by atoms with Crippen molar-refractivity contribution in [2.24, 2.45) is 0 Å². The Kier molecular flexibility index (Phi) is 4.54. The van der Waals surface area contributed by atoms with Crippen LogP contribution in [0.1, 0.15) is 22.9 Å². The van der Waals surface area contributed by atoms with Crippen LogP contribution in [0.15, 0.2) is 40.9 Å². The second-order valence-electron chi connectivity index (χ2n) is 4.01. The highest BCUT2D eigenvalue weighted by Gasteiger charge is 2.14. The van der Waals surface area contributed by atoms with Crippen LogP contribution >= 0.6 is 27.5 Å². The van der Waals surface area contributed by atoms with Crippen molar-refractivity contribution in [1.29, 1.82) is 5.26 Å². The maximum atomic E-state index is 10.1. The molecule has 0 saturated heterocycles. The second-order valence-corrected chi connectivity index (χ2v) is 5.22. The molecule has 1 atom stereocenters. The van der Waals surface area contributed by atoms with E-state index in [1.54, 1.807) is 6.07 Å². The number of rotatable bonds is 3. The van der Waals surface area contributed by atoms with Crippen molar-refractivity contribution in [2.75, 3.05) is 0 Å². The van der Waals surface area contributed by atoms with Crippen LogP contribution in [0.25, 0.3) is 0 Å². The summed E-state index contributed by atoms with van der Waals surface area (Å²) in [5, 5.41) is 19.2. The molecule has 0 spiro atoms. The summed E-state index contributed by atoms with van der Waals surface area (Å²) in [4.78, 5) is 3.98. The van der Waals surface area contributed by atoms with Crippen LogP contribution in [0.2, 0.25) is 5.15 Å². The second kappa shape index (κ2) is 6.16. The quantitative estimate of drug-likeness (QED) is 0.870. The molecule has 0 aliphatic carbocycles. The van der Waals surface area contributed by atoms with E-state index in [1.165, 1.54) is 0 Å². The Hall–Kier alpha value is -1.41. The van der Waals surface area contributed by atoms with E-state index in [2.05, 4.69) is 20.9 Å². The first-order valence-corrected chi connectivity index (χ1v) is 6.77. The first-order chi connectivity index (χ1) is 9.11. The molecule has 5 heteroatoms. The van der Waals surface area contributed by atoms with Crippen LogP contribution in [-0.2, 0) is 6.42 Å². The molecule has 19 heavy (non-hydrogen) atoms. The average Bonchev–Trinajstić information content (AvgIpc) is 2.43. The van der Waals surface area contributed by atoms with Crippen molar-refractivity contribution >= 4 is 27.5 Å². The van der Waals surface area contributed by atoms with Crippen LogP contribution < -0.4 is 0 Å². The smallest absolute Gasteiger partial charge is 0.156 e. The van der Waals surface area contributed by atoms with Gasteiger partial charge in [0.15, 0.2) is 5.69 Å². The molecule has 0 radical (unpaired) electrons. The van der Waals surface area contributed by atoms with Crippen LogP contribution in [0.4, 0.5) is 0 Å². The monoisotopic (exact) mass is 336 g/mol. The fraction of sp³-hybridized carbons (Fsp3) is 0.143. The molecule has 1 aromatic carbocycles. The Balaban J connectivity index is 2.25.